The van der Waals surface area contributed by atoms with Crippen molar-refractivity contribution in [2.24, 2.45) is 0 Å². The normalized spacial score (nSPS) is 19.3. The first-order valence-electron chi connectivity index (χ1n) is 18.7. The number of hydrogen-bond acceptors (Lipinski definition) is 10. The van der Waals surface area contributed by atoms with Gasteiger partial charge in [0.1, 0.15) is 0 Å². The van der Waals surface area contributed by atoms with E-state index in [-0.39, 0.29) is 50.5 Å². The second-order valence-electron chi connectivity index (χ2n) is 15.6. The molecule has 1 unspecified atom stereocenters. The summed E-state index contributed by atoms with van der Waals surface area (Å²) in [7, 11) is 6.82. The molecule has 0 spiro atoms. The van der Waals surface area contributed by atoms with E-state index in [1.807, 2.05) is 12.1 Å². The minimum absolute atomic E-state index is 0. The van der Waals surface area contributed by atoms with Crippen LogP contribution in [0.5, 0.6) is 46.0 Å². The van der Waals surface area contributed by atoms with E-state index < -0.39 is 0 Å². The van der Waals surface area contributed by atoms with Gasteiger partial charge in [0.15, 0.2) is 46.0 Å². The third-order valence-corrected chi connectivity index (χ3v) is 12.3. The summed E-state index contributed by atoms with van der Waals surface area (Å²) in [6.45, 7) is 11.6. The third-order valence-electron chi connectivity index (χ3n) is 12.3. The smallest absolute Gasteiger partial charge is 1.00 e. The van der Waals surface area contributed by atoms with Crippen LogP contribution in [0.2, 0.25) is 0 Å². The summed E-state index contributed by atoms with van der Waals surface area (Å²) in [5.41, 5.74) is 11.0. The molecule has 0 aliphatic carbocycles. The van der Waals surface area contributed by atoms with Crippen LogP contribution in [0.15, 0.2) is 48.5 Å². The molecule has 287 valence electrons. The fourth-order valence-corrected chi connectivity index (χ4v) is 9.78. The minimum atomic E-state index is -0.229. The SMILES string of the molecule is COc1ccc2c(c1OC)C(C)(C)N1CCc3cc4c(cc3C1=C2)OCO4.COc1ccc2c(c1OC)C(C)(C)N1CCc3cc4c(cc3C1C2)OCO4.[B].[H-].[Na+]. The molecule has 56 heavy (non-hydrogen) atoms. The second-order valence-corrected chi connectivity index (χ2v) is 15.6. The number of benzene rings is 4. The van der Waals surface area contributed by atoms with Crippen molar-refractivity contribution in [3.8, 4) is 46.0 Å². The van der Waals surface area contributed by atoms with E-state index in [4.69, 9.17) is 37.9 Å². The predicted molar refractivity (Wildman–Crippen MR) is 212 cm³/mol. The van der Waals surface area contributed by atoms with Crippen LogP contribution in [-0.4, -0.2) is 73.3 Å². The molecule has 0 bridgehead atoms. The monoisotopic (exact) mass is 767 g/mol. The molecule has 0 fully saturated rings. The zero-order valence-corrected chi connectivity index (χ0v) is 36.0. The fraction of sp³-hybridized carbons (Fsp3) is 0.409. The zero-order chi connectivity index (χ0) is 37.5. The Morgan fingerprint density at radius 3 is 1.86 bits per heavy atom. The fourth-order valence-electron chi connectivity index (χ4n) is 9.78. The molecule has 6 heterocycles. The first-order valence-corrected chi connectivity index (χ1v) is 18.7. The Balaban J connectivity index is 0.000000183. The zero-order valence-electron chi connectivity index (χ0n) is 35.0. The Labute approximate surface area is 355 Å². The number of rotatable bonds is 4. The summed E-state index contributed by atoms with van der Waals surface area (Å²) in [5, 5.41) is 0. The summed E-state index contributed by atoms with van der Waals surface area (Å²) in [6, 6.07) is 17.2. The number of methoxy groups -OCH3 is 4. The molecular weight excluding hydrogens is 718 g/mol. The summed E-state index contributed by atoms with van der Waals surface area (Å²) >= 11 is 0. The standard InChI is InChI=1S/C22H25NO4.C22H23NO4.B.Na.H/c2*1-22(2)20-14(5-6-17(24-3)21(20)25-4)9-16-15-11-19-18(26-12-27-19)10-13(15)7-8-23(16)22;;;/h5-6,10-11,16H,7-9,12H2,1-4H3;5-6,9-11H,7-8,12H2,1-4H3;;;/q;;;+1;-1. The first-order chi connectivity index (χ1) is 26.1. The van der Waals surface area contributed by atoms with Crippen molar-refractivity contribution in [3.05, 3.63) is 93.0 Å². The van der Waals surface area contributed by atoms with Crippen molar-refractivity contribution < 1.29 is 68.9 Å². The van der Waals surface area contributed by atoms with E-state index in [0.717, 1.165) is 89.5 Å². The van der Waals surface area contributed by atoms with Crippen molar-refractivity contribution in [2.75, 3.05) is 55.1 Å². The Morgan fingerprint density at radius 2 is 1.21 bits per heavy atom. The number of ether oxygens (including phenoxy) is 8. The molecule has 0 N–H and O–H groups in total. The molecule has 10 rings (SSSR count). The summed E-state index contributed by atoms with van der Waals surface area (Å²) in [6.07, 6.45) is 5.18. The maximum absolute atomic E-state index is 5.79. The van der Waals surface area contributed by atoms with Crippen LogP contribution in [0, 0.1) is 0 Å². The average Bonchev–Trinajstić information content (AvgIpc) is 3.84. The molecule has 0 saturated carbocycles. The van der Waals surface area contributed by atoms with Gasteiger partial charge in [-0.3, -0.25) is 4.90 Å². The maximum atomic E-state index is 5.79. The van der Waals surface area contributed by atoms with Crippen molar-refractivity contribution in [1.82, 2.24) is 9.80 Å². The van der Waals surface area contributed by atoms with E-state index in [0.29, 0.717) is 19.6 Å². The van der Waals surface area contributed by atoms with E-state index in [1.54, 1.807) is 28.4 Å². The van der Waals surface area contributed by atoms with Gasteiger partial charge in [-0.15, -0.1) is 0 Å². The molecular formula is C44H49BN2NaO8. The van der Waals surface area contributed by atoms with Crippen molar-refractivity contribution in [3.63, 3.8) is 0 Å². The average molecular weight is 768 g/mol. The van der Waals surface area contributed by atoms with E-state index >= 15 is 0 Å². The molecule has 6 aliphatic rings. The maximum Gasteiger partial charge on any atom is 1.00 e. The van der Waals surface area contributed by atoms with Gasteiger partial charge in [0.05, 0.1) is 34.0 Å². The molecule has 4 aromatic rings. The number of hydrogen-bond donors (Lipinski definition) is 0. The van der Waals surface area contributed by atoms with Crippen molar-refractivity contribution in [1.29, 1.82) is 0 Å². The summed E-state index contributed by atoms with van der Waals surface area (Å²) in [4.78, 5) is 5.06. The second kappa shape index (κ2) is 15.0. The van der Waals surface area contributed by atoms with Gasteiger partial charge >= 0.3 is 29.6 Å². The Morgan fingerprint density at radius 1 is 0.643 bits per heavy atom. The molecule has 0 saturated heterocycles. The Kier molecular flexibility index (Phi) is 10.7. The van der Waals surface area contributed by atoms with Gasteiger partial charge in [-0.1, -0.05) is 12.1 Å². The molecule has 0 aromatic heterocycles. The predicted octanol–water partition coefficient (Wildman–Crippen LogP) is 4.60. The molecule has 10 nitrogen and oxygen atoms in total. The van der Waals surface area contributed by atoms with Crippen LogP contribution in [0.25, 0.3) is 11.8 Å². The third kappa shape index (κ3) is 6.08. The van der Waals surface area contributed by atoms with Crippen molar-refractivity contribution in [2.45, 2.75) is 64.1 Å². The Bertz CT molecular complexity index is 2230. The van der Waals surface area contributed by atoms with Crippen LogP contribution in [0.4, 0.5) is 0 Å². The van der Waals surface area contributed by atoms with Gasteiger partial charge in [-0.2, -0.15) is 0 Å². The van der Waals surface area contributed by atoms with Gasteiger partial charge in [-0.05, 0) is 117 Å². The first kappa shape index (κ1) is 40.1. The van der Waals surface area contributed by atoms with Crippen molar-refractivity contribution >= 4 is 20.2 Å². The Hall–Kier alpha value is -4.16. The van der Waals surface area contributed by atoms with Gasteiger partial charge in [-0.25, -0.2) is 0 Å². The minimum Gasteiger partial charge on any atom is -1.00 e. The number of nitrogens with zero attached hydrogens (tertiary/aromatic N) is 2. The van der Waals surface area contributed by atoms with Crippen LogP contribution < -0.4 is 67.5 Å². The topological polar surface area (TPSA) is 80.3 Å². The van der Waals surface area contributed by atoms with Crippen LogP contribution in [-0.2, 0) is 30.3 Å². The van der Waals surface area contributed by atoms with Crippen LogP contribution >= 0.6 is 0 Å². The largest absolute Gasteiger partial charge is 1.00 e. The molecule has 4 aromatic carbocycles. The number of fused-ring (bicyclic) bond motifs is 10. The molecule has 3 radical (unpaired) electrons. The van der Waals surface area contributed by atoms with E-state index in [9.17, 15) is 0 Å². The molecule has 12 heteroatoms. The van der Waals surface area contributed by atoms with Gasteiger partial charge in [0, 0.05) is 55.5 Å². The molecule has 1 atom stereocenters. The van der Waals surface area contributed by atoms with Crippen LogP contribution in [0.1, 0.15) is 79.7 Å². The molecule has 0 amide bonds. The van der Waals surface area contributed by atoms with E-state index in [2.05, 4.69) is 80.0 Å². The molecule has 6 aliphatic heterocycles. The summed E-state index contributed by atoms with van der Waals surface area (Å²) < 4.78 is 45.1. The quantitative estimate of drug-likeness (QED) is 0.276. The van der Waals surface area contributed by atoms with Gasteiger partial charge in [0.25, 0.3) is 0 Å². The summed E-state index contributed by atoms with van der Waals surface area (Å²) in [5.74, 6) is 6.65. The van der Waals surface area contributed by atoms with Gasteiger partial charge < -0.3 is 44.2 Å². The van der Waals surface area contributed by atoms with Gasteiger partial charge in [0.2, 0.25) is 13.6 Å². The van der Waals surface area contributed by atoms with E-state index in [1.165, 1.54) is 39.1 Å². The van der Waals surface area contributed by atoms with Crippen LogP contribution in [0.3, 0.4) is 0 Å².